The Morgan fingerprint density at radius 1 is 0.821 bits per heavy atom. The van der Waals surface area contributed by atoms with Crippen molar-refractivity contribution >= 4 is 44.7 Å². The Labute approximate surface area is 175 Å². The van der Waals surface area contributed by atoms with E-state index in [1.807, 2.05) is 12.1 Å². The third-order valence-corrected chi connectivity index (χ3v) is 5.41. The first-order valence-electron chi connectivity index (χ1n) is 9.08. The van der Waals surface area contributed by atoms with E-state index in [0.29, 0.717) is 0 Å². The van der Waals surface area contributed by atoms with Crippen LogP contribution in [0.3, 0.4) is 0 Å². The Balaban J connectivity index is 1.55. The SMILES string of the molecule is CC(C)(C)c1cc(-c2nc3ccc(-c4ccc5nc(I)[nH]c5c4)cc3[nH]2)n[nH]1. The summed E-state index contributed by atoms with van der Waals surface area (Å²) in [7, 11) is 0. The Hall–Kier alpha value is -2.68. The largest absolute Gasteiger partial charge is 0.337 e. The zero-order chi connectivity index (χ0) is 19.5. The van der Waals surface area contributed by atoms with Crippen LogP contribution in [-0.2, 0) is 5.41 Å². The van der Waals surface area contributed by atoms with Crippen molar-refractivity contribution in [3.05, 3.63) is 52.0 Å². The van der Waals surface area contributed by atoms with Crippen molar-refractivity contribution < 1.29 is 0 Å². The molecular formula is C21H19IN6. The topological polar surface area (TPSA) is 86.0 Å². The minimum Gasteiger partial charge on any atom is -0.337 e. The lowest BCUT2D eigenvalue weighted by Gasteiger charge is -2.14. The highest BCUT2D eigenvalue weighted by Crippen LogP contribution is 2.29. The molecule has 0 amide bonds. The molecule has 0 spiro atoms. The number of halogens is 1. The maximum atomic E-state index is 4.71. The predicted molar refractivity (Wildman–Crippen MR) is 120 cm³/mol. The van der Waals surface area contributed by atoms with Crippen LogP contribution in [0.4, 0.5) is 0 Å². The smallest absolute Gasteiger partial charge is 0.169 e. The van der Waals surface area contributed by atoms with Crippen LogP contribution < -0.4 is 0 Å². The minimum atomic E-state index is 0.0214. The molecule has 5 aromatic rings. The molecule has 0 saturated carbocycles. The van der Waals surface area contributed by atoms with E-state index >= 15 is 0 Å². The fraction of sp³-hybridized carbons (Fsp3) is 0.190. The molecule has 0 atom stereocenters. The van der Waals surface area contributed by atoms with Crippen LogP contribution in [0.2, 0.25) is 0 Å². The second-order valence-electron chi connectivity index (χ2n) is 7.99. The maximum absolute atomic E-state index is 4.71. The van der Waals surface area contributed by atoms with Crippen LogP contribution in [0.5, 0.6) is 0 Å². The van der Waals surface area contributed by atoms with E-state index in [4.69, 9.17) is 4.98 Å². The lowest BCUT2D eigenvalue weighted by atomic mass is 9.92. The van der Waals surface area contributed by atoms with Gasteiger partial charge in [-0.15, -0.1) is 0 Å². The summed E-state index contributed by atoms with van der Waals surface area (Å²) in [6.07, 6.45) is 0. The standard InChI is InChI=1S/C21H19IN6/c1-21(2,3)18-10-17(27-28-18)19-23-13-6-4-11(8-15(13)24-19)12-5-7-14-16(9-12)26-20(22)25-14/h4-10H,1-3H3,(H,23,24)(H,25,26)(H,27,28). The summed E-state index contributed by atoms with van der Waals surface area (Å²) in [5, 5.41) is 7.56. The monoisotopic (exact) mass is 482 g/mol. The second-order valence-corrected chi connectivity index (χ2v) is 9.02. The first-order valence-corrected chi connectivity index (χ1v) is 10.2. The molecule has 140 valence electrons. The number of rotatable bonds is 2. The molecule has 0 fully saturated rings. The van der Waals surface area contributed by atoms with Crippen molar-refractivity contribution in [1.82, 2.24) is 30.1 Å². The first-order chi connectivity index (χ1) is 13.4. The van der Waals surface area contributed by atoms with Crippen molar-refractivity contribution in [2.45, 2.75) is 26.2 Å². The first kappa shape index (κ1) is 17.4. The molecule has 0 unspecified atom stereocenters. The molecule has 7 heteroatoms. The van der Waals surface area contributed by atoms with E-state index in [2.05, 4.69) is 98.8 Å². The van der Waals surface area contributed by atoms with Crippen LogP contribution in [0, 0.1) is 3.83 Å². The van der Waals surface area contributed by atoms with Gasteiger partial charge in [0, 0.05) is 11.1 Å². The summed E-state index contributed by atoms with van der Waals surface area (Å²) in [5.41, 5.74) is 8.15. The van der Waals surface area contributed by atoms with Gasteiger partial charge in [-0.3, -0.25) is 5.10 Å². The van der Waals surface area contributed by atoms with Gasteiger partial charge < -0.3 is 9.97 Å². The van der Waals surface area contributed by atoms with Gasteiger partial charge in [-0.1, -0.05) is 32.9 Å². The number of aromatic nitrogens is 6. The van der Waals surface area contributed by atoms with Crippen LogP contribution >= 0.6 is 22.6 Å². The molecule has 0 aliphatic rings. The molecule has 6 nitrogen and oxygen atoms in total. The minimum absolute atomic E-state index is 0.0214. The lowest BCUT2D eigenvalue weighted by molar-refractivity contribution is 0.567. The van der Waals surface area contributed by atoms with Crippen molar-refractivity contribution in [2.24, 2.45) is 0 Å². The quantitative estimate of drug-likeness (QED) is 0.295. The predicted octanol–water partition coefficient (Wildman–Crippen LogP) is 5.40. The van der Waals surface area contributed by atoms with Crippen molar-refractivity contribution in [3.63, 3.8) is 0 Å². The highest BCUT2D eigenvalue weighted by atomic mass is 127. The zero-order valence-electron chi connectivity index (χ0n) is 15.8. The Morgan fingerprint density at radius 2 is 1.46 bits per heavy atom. The normalized spacial score (nSPS) is 12.3. The van der Waals surface area contributed by atoms with Crippen molar-refractivity contribution in [1.29, 1.82) is 0 Å². The number of imidazole rings is 2. The summed E-state index contributed by atoms with van der Waals surface area (Å²) >= 11 is 2.20. The molecule has 3 aromatic heterocycles. The van der Waals surface area contributed by atoms with E-state index in [-0.39, 0.29) is 5.41 Å². The van der Waals surface area contributed by atoms with E-state index < -0.39 is 0 Å². The summed E-state index contributed by atoms with van der Waals surface area (Å²) < 4.78 is 0.895. The molecule has 28 heavy (non-hydrogen) atoms. The van der Waals surface area contributed by atoms with Gasteiger partial charge in [0.2, 0.25) is 0 Å². The average molecular weight is 482 g/mol. The van der Waals surface area contributed by atoms with Crippen LogP contribution in [0.15, 0.2) is 42.5 Å². The third kappa shape index (κ3) is 2.99. The third-order valence-electron chi connectivity index (χ3n) is 4.90. The fourth-order valence-corrected chi connectivity index (χ4v) is 3.85. The Morgan fingerprint density at radius 3 is 2.11 bits per heavy atom. The molecule has 0 aliphatic heterocycles. The second kappa shape index (κ2) is 6.16. The van der Waals surface area contributed by atoms with Gasteiger partial charge >= 0.3 is 0 Å². The number of hydrogen-bond acceptors (Lipinski definition) is 3. The lowest BCUT2D eigenvalue weighted by Crippen LogP contribution is -2.11. The molecule has 3 heterocycles. The number of fused-ring (bicyclic) bond motifs is 2. The zero-order valence-corrected chi connectivity index (χ0v) is 17.9. The van der Waals surface area contributed by atoms with Crippen LogP contribution in [0.1, 0.15) is 26.5 Å². The van der Waals surface area contributed by atoms with E-state index in [9.17, 15) is 0 Å². The molecule has 5 rings (SSSR count). The van der Waals surface area contributed by atoms with Gasteiger partial charge in [0.1, 0.15) is 5.69 Å². The van der Waals surface area contributed by atoms with Crippen LogP contribution in [0.25, 0.3) is 44.7 Å². The molecule has 3 N–H and O–H groups in total. The maximum Gasteiger partial charge on any atom is 0.169 e. The number of nitrogens with one attached hydrogen (secondary N) is 3. The fourth-order valence-electron chi connectivity index (χ4n) is 3.30. The number of hydrogen-bond donors (Lipinski definition) is 3. The summed E-state index contributed by atoms with van der Waals surface area (Å²) in [5.74, 6) is 0.775. The molecular weight excluding hydrogens is 463 g/mol. The Bertz CT molecular complexity index is 1320. The molecule has 2 aromatic carbocycles. The summed E-state index contributed by atoms with van der Waals surface area (Å²) in [6, 6.07) is 14.6. The summed E-state index contributed by atoms with van der Waals surface area (Å²) in [4.78, 5) is 15.9. The van der Waals surface area contributed by atoms with Crippen LogP contribution in [-0.4, -0.2) is 30.1 Å². The number of benzene rings is 2. The van der Waals surface area contributed by atoms with Gasteiger partial charge in [-0.05, 0) is 64.0 Å². The van der Waals surface area contributed by atoms with E-state index in [1.54, 1.807) is 0 Å². The average Bonchev–Trinajstić information content (AvgIpc) is 3.36. The number of nitrogens with zero attached hydrogens (tertiary/aromatic N) is 3. The van der Waals surface area contributed by atoms with E-state index in [1.165, 1.54) is 0 Å². The van der Waals surface area contributed by atoms with Gasteiger partial charge in [-0.2, -0.15) is 5.10 Å². The van der Waals surface area contributed by atoms with Crippen molar-refractivity contribution in [2.75, 3.05) is 0 Å². The highest BCUT2D eigenvalue weighted by molar-refractivity contribution is 14.1. The molecule has 0 saturated heterocycles. The molecule has 0 radical (unpaired) electrons. The van der Waals surface area contributed by atoms with Gasteiger partial charge in [0.25, 0.3) is 0 Å². The van der Waals surface area contributed by atoms with Gasteiger partial charge in [-0.25, -0.2) is 9.97 Å². The van der Waals surface area contributed by atoms with Gasteiger partial charge in [0.15, 0.2) is 9.66 Å². The summed E-state index contributed by atoms with van der Waals surface area (Å²) in [6.45, 7) is 6.48. The number of aromatic amines is 3. The number of H-pyrrole nitrogens is 3. The Kier molecular flexibility index (Phi) is 3.84. The van der Waals surface area contributed by atoms with E-state index in [0.717, 1.165) is 54.2 Å². The van der Waals surface area contributed by atoms with Gasteiger partial charge in [0.05, 0.1) is 22.1 Å². The van der Waals surface area contributed by atoms with Crippen molar-refractivity contribution in [3.8, 4) is 22.6 Å². The highest BCUT2D eigenvalue weighted by Gasteiger charge is 2.18. The molecule has 0 aliphatic carbocycles. The molecule has 0 bridgehead atoms.